The molecule has 172 valence electrons. The second-order valence-corrected chi connectivity index (χ2v) is 10.3. The van der Waals surface area contributed by atoms with E-state index in [0.717, 1.165) is 18.4 Å². The molecule has 1 saturated carbocycles. The fourth-order valence-electron chi connectivity index (χ4n) is 3.88. The number of rotatable bonds is 7. The lowest BCUT2D eigenvalue weighted by Crippen LogP contribution is -2.26. The van der Waals surface area contributed by atoms with Gasteiger partial charge in [0.15, 0.2) is 0 Å². The van der Waals surface area contributed by atoms with Crippen LogP contribution in [0.1, 0.15) is 41.6 Å². The van der Waals surface area contributed by atoms with E-state index >= 15 is 0 Å². The molecule has 0 heterocycles. The van der Waals surface area contributed by atoms with Crippen LogP contribution >= 0.6 is 0 Å². The van der Waals surface area contributed by atoms with E-state index in [-0.39, 0.29) is 16.9 Å². The summed E-state index contributed by atoms with van der Waals surface area (Å²) in [5.41, 5.74) is 2.51. The van der Waals surface area contributed by atoms with E-state index in [9.17, 15) is 13.2 Å². The molecule has 4 rings (SSSR count). The fraction of sp³-hybridized carbons (Fsp3) is 0.269. The van der Waals surface area contributed by atoms with E-state index in [0.29, 0.717) is 22.7 Å². The van der Waals surface area contributed by atoms with E-state index in [1.165, 1.54) is 24.2 Å². The van der Waals surface area contributed by atoms with Crippen LogP contribution in [-0.2, 0) is 10.0 Å². The van der Waals surface area contributed by atoms with Gasteiger partial charge in [-0.15, -0.1) is 0 Å². The Labute approximate surface area is 195 Å². The highest BCUT2D eigenvalue weighted by Crippen LogP contribution is 2.30. The Kier molecular flexibility index (Phi) is 6.70. The molecule has 1 fully saturated rings. The average molecular weight is 465 g/mol. The maximum atomic E-state index is 12.9. The second kappa shape index (κ2) is 9.67. The highest BCUT2D eigenvalue weighted by Gasteiger charge is 2.22. The number of benzene rings is 3. The lowest BCUT2D eigenvalue weighted by atomic mass is 10.2. The molecule has 0 saturated heterocycles. The van der Waals surface area contributed by atoms with Gasteiger partial charge in [0.1, 0.15) is 5.75 Å². The minimum Gasteiger partial charge on any atom is -0.488 e. The molecule has 0 radical (unpaired) electrons. The highest BCUT2D eigenvalue weighted by atomic mass is 32.2. The summed E-state index contributed by atoms with van der Waals surface area (Å²) in [7, 11) is -2.19. The topological polar surface area (TPSA) is 75.7 Å². The van der Waals surface area contributed by atoms with Crippen molar-refractivity contribution in [2.45, 2.75) is 43.6 Å². The van der Waals surface area contributed by atoms with E-state index in [1.54, 1.807) is 48.5 Å². The Morgan fingerprint density at radius 1 is 0.939 bits per heavy atom. The lowest BCUT2D eigenvalue weighted by molar-refractivity contribution is 0.102. The van der Waals surface area contributed by atoms with Crippen molar-refractivity contribution < 1.29 is 17.9 Å². The number of para-hydroxylation sites is 2. The molecule has 33 heavy (non-hydrogen) atoms. The Hall–Kier alpha value is -3.32. The average Bonchev–Trinajstić information content (AvgIpc) is 3.33. The first-order valence-corrected chi connectivity index (χ1v) is 12.5. The largest absolute Gasteiger partial charge is 0.488 e. The monoisotopic (exact) mass is 464 g/mol. The molecular formula is C26H28N2O4S. The van der Waals surface area contributed by atoms with Crippen molar-refractivity contribution in [2.75, 3.05) is 16.7 Å². The summed E-state index contributed by atoms with van der Waals surface area (Å²) in [5.74, 6) is 0.381. The van der Waals surface area contributed by atoms with Crippen LogP contribution in [-0.4, -0.2) is 27.5 Å². The summed E-state index contributed by atoms with van der Waals surface area (Å²) in [4.78, 5) is 13.1. The molecule has 1 N–H and O–H groups in total. The SMILES string of the molecule is Cc1ccc(S(=O)(=O)N(C)c2ccc(C(=O)Nc3ccccc3OC3CCCC3)cc2)cc1. The molecule has 0 aromatic heterocycles. The number of aryl methyl sites for hydroxylation is 1. The first-order valence-electron chi connectivity index (χ1n) is 11.1. The molecule has 0 spiro atoms. The van der Waals surface area contributed by atoms with Gasteiger partial charge in [-0.3, -0.25) is 9.10 Å². The van der Waals surface area contributed by atoms with Gasteiger partial charge in [-0.2, -0.15) is 0 Å². The van der Waals surface area contributed by atoms with Gasteiger partial charge in [0.25, 0.3) is 15.9 Å². The molecule has 3 aromatic rings. The highest BCUT2D eigenvalue weighted by molar-refractivity contribution is 7.92. The summed E-state index contributed by atoms with van der Waals surface area (Å²) in [5, 5.41) is 2.92. The minimum atomic E-state index is -3.69. The molecule has 0 unspecified atom stereocenters. The first kappa shape index (κ1) is 22.9. The normalized spacial score (nSPS) is 14.1. The number of amides is 1. The number of hydrogen-bond donors (Lipinski definition) is 1. The van der Waals surface area contributed by atoms with E-state index in [4.69, 9.17) is 4.74 Å². The van der Waals surface area contributed by atoms with Crippen LogP contribution in [0.4, 0.5) is 11.4 Å². The zero-order valence-electron chi connectivity index (χ0n) is 18.8. The molecule has 3 aromatic carbocycles. The number of carbonyl (C=O) groups is 1. The van der Waals surface area contributed by atoms with Gasteiger partial charge in [-0.1, -0.05) is 29.8 Å². The van der Waals surface area contributed by atoms with Crippen molar-refractivity contribution in [2.24, 2.45) is 0 Å². The first-order chi connectivity index (χ1) is 15.8. The zero-order chi connectivity index (χ0) is 23.4. The van der Waals surface area contributed by atoms with Crippen LogP contribution in [0, 0.1) is 6.92 Å². The number of nitrogens with zero attached hydrogens (tertiary/aromatic N) is 1. The van der Waals surface area contributed by atoms with Crippen LogP contribution in [0.25, 0.3) is 0 Å². The van der Waals surface area contributed by atoms with E-state index < -0.39 is 10.0 Å². The van der Waals surface area contributed by atoms with Crippen molar-refractivity contribution in [3.8, 4) is 5.75 Å². The predicted molar refractivity (Wildman–Crippen MR) is 130 cm³/mol. The van der Waals surface area contributed by atoms with Crippen LogP contribution in [0.2, 0.25) is 0 Å². The third-order valence-electron chi connectivity index (χ3n) is 5.90. The number of anilines is 2. The number of ether oxygens (including phenoxy) is 1. The lowest BCUT2D eigenvalue weighted by Gasteiger charge is -2.20. The van der Waals surface area contributed by atoms with Crippen molar-refractivity contribution in [1.82, 2.24) is 0 Å². The van der Waals surface area contributed by atoms with Crippen molar-refractivity contribution in [3.05, 3.63) is 83.9 Å². The number of nitrogens with one attached hydrogen (secondary N) is 1. The Morgan fingerprint density at radius 3 is 2.24 bits per heavy atom. The van der Waals surface area contributed by atoms with Gasteiger partial charge in [0, 0.05) is 12.6 Å². The van der Waals surface area contributed by atoms with Gasteiger partial charge in [0.05, 0.1) is 22.4 Å². The fourth-order valence-corrected chi connectivity index (χ4v) is 5.08. The third kappa shape index (κ3) is 5.20. The minimum absolute atomic E-state index is 0.188. The van der Waals surface area contributed by atoms with E-state index in [1.807, 2.05) is 31.2 Å². The third-order valence-corrected chi connectivity index (χ3v) is 7.70. The second-order valence-electron chi connectivity index (χ2n) is 8.31. The summed E-state index contributed by atoms with van der Waals surface area (Å²) < 4.78 is 33.1. The van der Waals surface area contributed by atoms with Crippen LogP contribution in [0.3, 0.4) is 0 Å². The van der Waals surface area contributed by atoms with Gasteiger partial charge < -0.3 is 10.1 Å². The number of hydrogen-bond acceptors (Lipinski definition) is 4. The molecule has 1 aliphatic rings. The Bertz CT molecular complexity index is 1220. The van der Waals surface area contributed by atoms with Gasteiger partial charge in [-0.25, -0.2) is 8.42 Å². The standard InChI is InChI=1S/C26H28N2O4S/c1-19-11-17-23(18-12-19)33(30,31)28(2)21-15-13-20(14-16-21)26(29)27-24-9-5-6-10-25(24)32-22-7-3-4-8-22/h5-6,9-18,22H,3-4,7-8H2,1-2H3,(H,27,29). The molecule has 0 bridgehead atoms. The molecule has 6 nitrogen and oxygen atoms in total. The molecule has 0 atom stereocenters. The maximum Gasteiger partial charge on any atom is 0.264 e. The van der Waals surface area contributed by atoms with Crippen molar-refractivity contribution in [1.29, 1.82) is 0 Å². The summed E-state index contributed by atoms with van der Waals surface area (Å²) in [6.07, 6.45) is 4.58. The maximum absolute atomic E-state index is 12.9. The van der Waals surface area contributed by atoms with Crippen molar-refractivity contribution in [3.63, 3.8) is 0 Å². The Morgan fingerprint density at radius 2 is 1.58 bits per heavy atom. The zero-order valence-corrected chi connectivity index (χ0v) is 19.6. The van der Waals surface area contributed by atoms with Crippen LogP contribution < -0.4 is 14.4 Å². The van der Waals surface area contributed by atoms with Crippen LogP contribution in [0.5, 0.6) is 5.75 Å². The number of sulfonamides is 1. The van der Waals surface area contributed by atoms with E-state index in [2.05, 4.69) is 5.32 Å². The molecular weight excluding hydrogens is 436 g/mol. The Balaban J connectivity index is 1.47. The predicted octanol–water partition coefficient (Wildman–Crippen LogP) is 5.39. The molecule has 7 heteroatoms. The summed E-state index contributed by atoms with van der Waals surface area (Å²) in [6, 6.07) is 20.6. The molecule has 0 aliphatic heterocycles. The van der Waals surface area contributed by atoms with Gasteiger partial charge >= 0.3 is 0 Å². The summed E-state index contributed by atoms with van der Waals surface area (Å²) in [6.45, 7) is 1.91. The quantitative estimate of drug-likeness (QED) is 0.508. The summed E-state index contributed by atoms with van der Waals surface area (Å²) >= 11 is 0. The van der Waals surface area contributed by atoms with Gasteiger partial charge in [0.2, 0.25) is 0 Å². The van der Waals surface area contributed by atoms with Crippen molar-refractivity contribution >= 4 is 27.3 Å². The number of carbonyl (C=O) groups excluding carboxylic acids is 1. The van der Waals surface area contributed by atoms with Gasteiger partial charge in [-0.05, 0) is 81.1 Å². The smallest absolute Gasteiger partial charge is 0.264 e. The molecule has 1 amide bonds. The molecule has 1 aliphatic carbocycles. The van der Waals surface area contributed by atoms with Crippen LogP contribution in [0.15, 0.2) is 77.7 Å².